The molecule has 1 aromatic rings. The summed E-state index contributed by atoms with van der Waals surface area (Å²) in [6.45, 7) is 3.96. The van der Waals surface area contributed by atoms with Crippen molar-refractivity contribution in [2.24, 2.45) is 5.10 Å². The van der Waals surface area contributed by atoms with Gasteiger partial charge >= 0.3 is 0 Å². The molecule has 1 aromatic carbocycles. The second-order valence-electron chi connectivity index (χ2n) is 4.85. The fourth-order valence-corrected chi connectivity index (χ4v) is 4.90. The molecule has 1 fully saturated rings. The fraction of sp³-hybridized carbons (Fsp3) is 0.333. The van der Waals surface area contributed by atoms with Gasteiger partial charge in [0.25, 0.3) is 5.91 Å². The van der Waals surface area contributed by atoms with Crippen molar-refractivity contribution in [1.82, 2.24) is 0 Å². The number of hydrogen-bond acceptors (Lipinski definition) is 4. The van der Waals surface area contributed by atoms with Gasteiger partial charge in [-0.05, 0) is 43.9 Å². The summed E-state index contributed by atoms with van der Waals surface area (Å²) < 4.78 is 1.14. The van der Waals surface area contributed by atoms with E-state index in [0.29, 0.717) is 0 Å². The molecule has 0 atom stereocenters. The van der Waals surface area contributed by atoms with Gasteiger partial charge in [0.2, 0.25) is 0 Å². The summed E-state index contributed by atoms with van der Waals surface area (Å²) in [6, 6.07) is 7.89. The molecule has 3 rings (SSSR count). The number of anilines is 1. The van der Waals surface area contributed by atoms with E-state index in [0.717, 1.165) is 32.7 Å². The minimum Gasteiger partial charge on any atom is -0.267 e. The summed E-state index contributed by atoms with van der Waals surface area (Å²) in [6.07, 6.45) is 1.21. The highest BCUT2D eigenvalue weighted by atomic mass is 32.2. The molecular formula is C15H16N2OS2. The summed E-state index contributed by atoms with van der Waals surface area (Å²) in [7, 11) is 0. The molecule has 0 aliphatic carbocycles. The van der Waals surface area contributed by atoms with Gasteiger partial charge in [0.15, 0.2) is 0 Å². The molecule has 1 saturated heterocycles. The van der Waals surface area contributed by atoms with Gasteiger partial charge in [0.05, 0.1) is 21.2 Å². The predicted octanol–water partition coefficient (Wildman–Crippen LogP) is 3.80. The van der Waals surface area contributed by atoms with Crippen molar-refractivity contribution >= 4 is 40.8 Å². The zero-order valence-corrected chi connectivity index (χ0v) is 13.2. The fourth-order valence-electron chi connectivity index (χ4n) is 2.18. The molecule has 2 aliphatic rings. The normalized spacial score (nSPS) is 19.6. The lowest BCUT2D eigenvalue weighted by atomic mass is 10.2. The summed E-state index contributed by atoms with van der Waals surface area (Å²) in [4.78, 5) is 12.6. The Hall–Kier alpha value is -1.20. The maximum atomic E-state index is 12.6. The van der Waals surface area contributed by atoms with Crippen LogP contribution in [0.15, 0.2) is 39.2 Å². The first-order chi connectivity index (χ1) is 9.66. The van der Waals surface area contributed by atoms with Crippen LogP contribution in [0.5, 0.6) is 0 Å². The molecule has 2 heterocycles. The second-order valence-corrected chi connectivity index (χ2v) is 7.32. The third kappa shape index (κ3) is 2.52. The smallest absolute Gasteiger partial charge is 0.267 e. The zero-order chi connectivity index (χ0) is 14.1. The number of hydrogen-bond donors (Lipinski definition) is 0. The lowest BCUT2D eigenvalue weighted by Crippen LogP contribution is -2.22. The van der Waals surface area contributed by atoms with Crippen molar-refractivity contribution < 1.29 is 4.79 Å². The number of rotatable bonds is 1. The van der Waals surface area contributed by atoms with Gasteiger partial charge in [-0.25, -0.2) is 0 Å². The first kappa shape index (κ1) is 13.8. The van der Waals surface area contributed by atoms with Crippen LogP contribution in [0, 0.1) is 6.92 Å². The quantitative estimate of drug-likeness (QED) is 0.740. The van der Waals surface area contributed by atoms with Gasteiger partial charge in [-0.1, -0.05) is 17.7 Å². The Morgan fingerprint density at radius 1 is 1.10 bits per heavy atom. The van der Waals surface area contributed by atoms with E-state index in [1.54, 1.807) is 23.5 Å². The highest BCUT2D eigenvalue weighted by Gasteiger charge is 2.32. The molecule has 0 bridgehead atoms. The molecule has 2 aliphatic heterocycles. The predicted molar refractivity (Wildman–Crippen MR) is 88.3 cm³/mol. The lowest BCUT2D eigenvalue weighted by Gasteiger charge is -2.16. The summed E-state index contributed by atoms with van der Waals surface area (Å²) in [5, 5.41) is 5.96. The minimum absolute atomic E-state index is 0.00301. The van der Waals surface area contributed by atoms with E-state index >= 15 is 0 Å². The number of carbonyl (C=O) groups excluding carboxylic acids is 1. The highest BCUT2D eigenvalue weighted by Crippen LogP contribution is 2.40. The Morgan fingerprint density at radius 2 is 1.75 bits per heavy atom. The average Bonchev–Trinajstić information content (AvgIpc) is 2.76. The zero-order valence-electron chi connectivity index (χ0n) is 11.5. The Morgan fingerprint density at radius 3 is 2.40 bits per heavy atom. The second kappa shape index (κ2) is 5.66. The Balaban J connectivity index is 1.94. The van der Waals surface area contributed by atoms with Crippen LogP contribution in [0.3, 0.4) is 0 Å². The molecule has 0 spiro atoms. The largest absolute Gasteiger partial charge is 0.282 e. The first-order valence-corrected chi connectivity index (χ1v) is 8.60. The van der Waals surface area contributed by atoms with Gasteiger partial charge in [0, 0.05) is 0 Å². The van der Waals surface area contributed by atoms with Crippen molar-refractivity contribution in [2.45, 2.75) is 20.3 Å². The van der Waals surface area contributed by atoms with Gasteiger partial charge in [-0.2, -0.15) is 10.1 Å². The number of thioether (sulfide) groups is 2. The minimum atomic E-state index is 0.00301. The number of hydrazone groups is 1. The van der Waals surface area contributed by atoms with Crippen LogP contribution < -0.4 is 5.01 Å². The van der Waals surface area contributed by atoms with Gasteiger partial charge in [-0.3, -0.25) is 4.79 Å². The van der Waals surface area contributed by atoms with Crippen LogP contribution in [0.4, 0.5) is 5.69 Å². The van der Waals surface area contributed by atoms with Gasteiger partial charge in [0.1, 0.15) is 0 Å². The van der Waals surface area contributed by atoms with E-state index in [-0.39, 0.29) is 5.91 Å². The van der Waals surface area contributed by atoms with E-state index in [1.807, 2.05) is 38.1 Å². The highest BCUT2D eigenvalue weighted by molar-refractivity contribution is 8.22. The number of amides is 1. The lowest BCUT2D eigenvalue weighted by molar-refractivity contribution is -0.114. The van der Waals surface area contributed by atoms with Crippen LogP contribution in [-0.2, 0) is 4.79 Å². The van der Waals surface area contributed by atoms with Crippen LogP contribution in [0.1, 0.15) is 18.9 Å². The van der Waals surface area contributed by atoms with E-state index in [4.69, 9.17) is 0 Å². The summed E-state index contributed by atoms with van der Waals surface area (Å²) in [5.74, 6) is 2.19. The third-order valence-corrected chi connectivity index (χ3v) is 5.88. The standard InChI is InChI=1S/C15H16N2OS2/c1-10-4-6-12(7-5-10)17-14(18)13(11(2)16-17)15-19-8-3-9-20-15/h4-7H,3,8-9H2,1-2H3. The molecule has 20 heavy (non-hydrogen) atoms. The topological polar surface area (TPSA) is 32.7 Å². The molecule has 5 heteroatoms. The van der Waals surface area contributed by atoms with Crippen LogP contribution in [0.2, 0.25) is 0 Å². The maximum Gasteiger partial charge on any atom is 0.282 e. The Kier molecular flexibility index (Phi) is 3.89. The van der Waals surface area contributed by atoms with Crippen molar-refractivity contribution in [3.63, 3.8) is 0 Å². The van der Waals surface area contributed by atoms with Crippen LogP contribution in [-0.4, -0.2) is 23.1 Å². The molecule has 0 aromatic heterocycles. The van der Waals surface area contributed by atoms with Crippen molar-refractivity contribution in [2.75, 3.05) is 16.5 Å². The number of nitrogens with zero attached hydrogens (tertiary/aromatic N) is 2. The SMILES string of the molecule is CC1=NN(c2ccc(C)cc2)C(=O)C1=C1SCCCS1. The van der Waals surface area contributed by atoms with Gasteiger partial charge < -0.3 is 0 Å². The molecule has 0 unspecified atom stereocenters. The van der Waals surface area contributed by atoms with E-state index in [2.05, 4.69) is 5.10 Å². The molecule has 1 amide bonds. The molecule has 0 radical (unpaired) electrons. The molecular weight excluding hydrogens is 288 g/mol. The van der Waals surface area contributed by atoms with E-state index in [1.165, 1.54) is 17.0 Å². The number of aryl methyl sites for hydroxylation is 1. The van der Waals surface area contributed by atoms with Crippen LogP contribution >= 0.6 is 23.5 Å². The molecule has 0 saturated carbocycles. The van der Waals surface area contributed by atoms with Crippen molar-refractivity contribution in [3.8, 4) is 0 Å². The Labute approximate surface area is 127 Å². The number of benzene rings is 1. The summed E-state index contributed by atoms with van der Waals surface area (Å²) >= 11 is 3.56. The molecule has 0 N–H and O–H groups in total. The summed E-state index contributed by atoms with van der Waals surface area (Å²) in [5.41, 5.74) is 3.63. The van der Waals surface area contributed by atoms with Crippen molar-refractivity contribution in [3.05, 3.63) is 39.6 Å². The number of carbonyl (C=O) groups is 1. The van der Waals surface area contributed by atoms with Crippen molar-refractivity contribution in [1.29, 1.82) is 0 Å². The van der Waals surface area contributed by atoms with Gasteiger partial charge in [-0.15, -0.1) is 23.5 Å². The van der Waals surface area contributed by atoms with E-state index in [9.17, 15) is 4.79 Å². The van der Waals surface area contributed by atoms with E-state index < -0.39 is 0 Å². The Bertz CT molecular complexity index is 597. The molecule has 3 nitrogen and oxygen atoms in total. The monoisotopic (exact) mass is 304 g/mol. The third-order valence-electron chi connectivity index (χ3n) is 3.26. The maximum absolute atomic E-state index is 12.6. The average molecular weight is 304 g/mol. The van der Waals surface area contributed by atoms with Crippen LogP contribution in [0.25, 0.3) is 0 Å². The molecule has 104 valence electrons. The first-order valence-electron chi connectivity index (χ1n) is 6.63.